The quantitative estimate of drug-likeness (QED) is 0.708. The number of hydrogen-bond donors (Lipinski definition) is 0. The van der Waals surface area contributed by atoms with Gasteiger partial charge in [0.15, 0.2) is 17.9 Å². The highest BCUT2D eigenvalue weighted by atomic mass is 19.1. The average Bonchev–Trinajstić information content (AvgIpc) is 2.48. The number of carbonyl (C=O) groups is 1. The molecule has 0 N–H and O–H groups in total. The Morgan fingerprint density at radius 3 is 2.55 bits per heavy atom. The van der Waals surface area contributed by atoms with Gasteiger partial charge in [-0.05, 0) is 42.7 Å². The molecule has 2 aromatic carbocycles. The van der Waals surface area contributed by atoms with E-state index in [1.54, 1.807) is 12.1 Å². The molecular weight excluding hydrogens is 255 g/mol. The molecule has 104 valence electrons. The van der Waals surface area contributed by atoms with E-state index in [-0.39, 0.29) is 11.3 Å². The van der Waals surface area contributed by atoms with Crippen molar-refractivity contribution in [1.82, 2.24) is 0 Å². The topological polar surface area (TPSA) is 26.3 Å². The lowest BCUT2D eigenvalue weighted by molar-refractivity contribution is 0.112. The molecule has 2 nitrogen and oxygen atoms in total. The van der Waals surface area contributed by atoms with Gasteiger partial charge in [0.2, 0.25) is 0 Å². The summed E-state index contributed by atoms with van der Waals surface area (Å²) in [4.78, 5) is 10.9. The third-order valence-corrected chi connectivity index (χ3v) is 3.09. The van der Waals surface area contributed by atoms with Crippen LogP contribution in [0.5, 0.6) is 11.5 Å². The number of ether oxygens (including phenoxy) is 1. The molecular formula is C17H17FO2. The Kier molecular flexibility index (Phi) is 4.88. The Morgan fingerprint density at radius 2 is 1.90 bits per heavy atom. The third kappa shape index (κ3) is 3.44. The molecule has 3 heteroatoms. The summed E-state index contributed by atoms with van der Waals surface area (Å²) in [5.41, 5.74) is 1.43. The number of rotatable bonds is 6. The fourth-order valence-corrected chi connectivity index (χ4v) is 1.95. The van der Waals surface area contributed by atoms with Crippen LogP contribution in [0.15, 0.2) is 42.5 Å². The van der Waals surface area contributed by atoms with Crippen LogP contribution >= 0.6 is 0 Å². The monoisotopic (exact) mass is 272 g/mol. The number of halogens is 1. The standard InChI is InChI=1S/C17H17FO2/c1-2-3-5-13-8-10-15(11-9-13)20-17-14(12-19)6-4-7-16(17)18/h4,6-12H,2-3,5H2,1H3. The molecule has 0 saturated heterocycles. The van der Waals surface area contributed by atoms with E-state index >= 15 is 0 Å². The van der Waals surface area contributed by atoms with Crippen LogP contribution < -0.4 is 4.74 Å². The van der Waals surface area contributed by atoms with E-state index in [0.717, 1.165) is 19.3 Å². The van der Waals surface area contributed by atoms with Crippen LogP contribution in [0, 0.1) is 5.82 Å². The Balaban J connectivity index is 2.16. The van der Waals surface area contributed by atoms with Gasteiger partial charge >= 0.3 is 0 Å². The average molecular weight is 272 g/mol. The SMILES string of the molecule is CCCCc1ccc(Oc2c(F)cccc2C=O)cc1. The van der Waals surface area contributed by atoms with Crippen molar-refractivity contribution in [3.63, 3.8) is 0 Å². The van der Waals surface area contributed by atoms with Crippen LogP contribution in [-0.2, 0) is 6.42 Å². The highest BCUT2D eigenvalue weighted by molar-refractivity contribution is 5.79. The largest absolute Gasteiger partial charge is 0.454 e. The molecule has 0 unspecified atom stereocenters. The Bertz CT molecular complexity index is 576. The third-order valence-electron chi connectivity index (χ3n) is 3.09. The minimum absolute atomic E-state index is 0.0243. The van der Waals surface area contributed by atoms with Crippen LogP contribution in [0.25, 0.3) is 0 Å². The van der Waals surface area contributed by atoms with E-state index in [1.165, 1.54) is 23.8 Å². The molecule has 0 bridgehead atoms. The van der Waals surface area contributed by atoms with Crippen molar-refractivity contribution in [3.05, 3.63) is 59.4 Å². The second-order valence-electron chi connectivity index (χ2n) is 4.63. The molecule has 0 aliphatic carbocycles. The summed E-state index contributed by atoms with van der Waals surface area (Å²) in [5, 5.41) is 0. The maximum absolute atomic E-state index is 13.7. The van der Waals surface area contributed by atoms with Crippen LogP contribution in [-0.4, -0.2) is 6.29 Å². The molecule has 0 amide bonds. The van der Waals surface area contributed by atoms with Crippen LogP contribution in [0.4, 0.5) is 4.39 Å². The van der Waals surface area contributed by atoms with Crippen molar-refractivity contribution in [3.8, 4) is 11.5 Å². The summed E-state index contributed by atoms with van der Waals surface area (Å²) in [6.45, 7) is 2.15. The predicted octanol–water partition coefficient (Wildman–Crippen LogP) is 4.77. The van der Waals surface area contributed by atoms with Crippen LogP contribution in [0.1, 0.15) is 35.7 Å². The fraction of sp³-hybridized carbons (Fsp3) is 0.235. The fourth-order valence-electron chi connectivity index (χ4n) is 1.95. The second-order valence-corrected chi connectivity index (χ2v) is 4.63. The van der Waals surface area contributed by atoms with Gasteiger partial charge in [-0.3, -0.25) is 4.79 Å². The van der Waals surface area contributed by atoms with Gasteiger partial charge in [-0.25, -0.2) is 4.39 Å². The lowest BCUT2D eigenvalue weighted by atomic mass is 10.1. The van der Waals surface area contributed by atoms with Gasteiger partial charge in [-0.2, -0.15) is 0 Å². The van der Waals surface area contributed by atoms with Crippen LogP contribution in [0.2, 0.25) is 0 Å². The van der Waals surface area contributed by atoms with Gasteiger partial charge in [-0.15, -0.1) is 0 Å². The molecule has 0 aromatic heterocycles. The molecule has 20 heavy (non-hydrogen) atoms. The highest BCUT2D eigenvalue weighted by Crippen LogP contribution is 2.27. The predicted molar refractivity (Wildman–Crippen MR) is 76.9 cm³/mol. The van der Waals surface area contributed by atoms with E-state index in [0.29, 0.717) is 12.0 Å². The number of aryl methyl sites for hydroxylation is 1. The first-order valence-corrected chi connectivity index (χ1v) is 6.75. The lowest BCUT2D eigenvalue weighted by Gasteiger charge is -2.09. The van der Waals surface area contributed by atoms with Crippen molar-refractivity contribution >= 4 is 6.29 Å². The molecule has 2 aromatic rings. The maximum Gasteiger partial charge on any atom is 0.173 e. The van der Waals surface area contributed by atoms with Crippen LogP contribution in [0.3, 0.4) is 0 Å². The highest BCUT2D eigenvalue weighted by Gasteiger charge is 2.10. The van der Waals surface area contributed by atoms with Gasteiger partial charge in [-0.1, -0.05) is 31.5 Å². The normalized spacial score (nSPS) is 10.3. The number of carbonyl (C=O) groups excluding carboxylic acids is 1. The lowest BCUT2D eigenvalue weighted by Crippen LogP contribution is -1.94. The van der Waals surface area contributed by atoms with E-state index in [4.69, 9.17) is 4.74 Å². The molecule has 0 spiro atoms. The molecule has 0 aliphatic heterocycles. The summed E-state index contributed by atoms with van der Waals surface area (Å²) >= 11 is 0. The smallest absolute Gasteiger partial charge is 0.173 e. The molecule has 2 rings (SSSR count). The van der Waals surface area contributed by atoms with E-state index in [1.807, 2.05) is 12.1 Å². The first-order valence-electron chi connectivity index (χ1n) is 6.75. The molecule has 0 atom stereocenters. The van der Waals surface area contributed by atoms with Crippen molar-refractivity contribution in [2.24, 2.45) is 0 Å². The van der Waals surface area contributed by atoms with Crippen molar-refractivity contribution in [1.29, 1.82) is 0 Å². The van der Waals surface area contributed by atoms with Crippen molar-refractivity contribution < 1.29 is 13.9 Å². The Hall–Kier alpha value is -2.16. The first kappa shape index (κ1) is 14.3. The van der Waals surface area contributed by atoms with Gasteiger partial charge in [0, 0.05) is 0 Å². The molecule has 0 radical (unpaired) electrons. The second kappa shape index (κ2) is 6.85. The van der Waals surface area contributed by atoms with Crippen molar-refractivity contribution in [2.75, 3.05) is 0 Å². The Morgan fingerprint density at radius 1 is 1.15 bits per heavy atom. The zero-order chi connectivity index (χ0) is 14.4. The minimum Gasteiger partial charge on any atom is -0.454 e. The minimum atomic E-state index is -0.537. The van der Waals surface area contributed by atoms with E-state index < -0.39 is 5.82 Å². The molecule has 0 aliphatic rings. The van der Waals surface area contributed by atoms with Gasteiger partial charge in [0.25, 0.3) is 0 Å². The first-order chi connectivity index (χ1) is 9.74. The number of hydrogen-bond acceptors (Lipinski definition) is 2. The van der Waals surface area contributed by atoms with Gasteiger partial charge < -0.3 is 4.74 Å². The Labute approximate surface area is 118 Å². The molecule has 0 fully saturated rings. The number of para-hydroxylation sites is 1. The van der Waals surface area contributed by atoms with E-state index in [9.17, 15) is 9.18 Å². The summed E-state index contributed by atoms with van der Waals surface area (Å²) in [6, 6.07) is 11.8. The number of benzene rings is 2. The summed E-state index contributed by atoms with van der Waals surface area (Å²) < 4.78 is 19.2. The molecule has 0 heterocycles. The van der Waals surface area contributed by atoms with Gasteiger partial charge in [0.05, 0.1) is 5.56 Å². The summed E-state index contributed by atoms with van der Waals surface area (Å²) in [7, 11) is 0. The number of unbranched alkanes of at least 4 members (excludes halogenated alkanes) is 1. The van der Waals surface area contributed by atoms with Crippen molar-refractivity contribution in [2.45, 2.75) is 26.2 Å². The maximum atomic E-state index is 13.7. The van der Waals surface area contributed by atoms with Gasteiger partial charge in [0.1, 0.15) is 5.75 Å². The van der Waals surface area contributed by atoms with E-state index in [2.05, 4.69) is 6.92 Å². The zero-order valence-electron chi connectivity index (χ0n) is 11.4. The molecule has 0 saturated carbocycles. The summed E-state index contributed by atoms with van der Waals surface area (Å²) in [5.74, 6) is -0.0353. The number of aldehydes is 1. The zero-order valence-corrected chi connectivity index (χ0v) is 11.4. The summed E-state index contributed by atoms with van der Waals surface area (Å²) in [6.07, 6.45) is 3.91.